The fourth-order valence-electron chi connectivity index (χ4n) is 4.14. The fraction of sp³-hybridized carbons (Fsp3) is 0. The molecule has 5 aromatic carbocycles. The van der Waals surface area contributed by atoms with Crippen LogP contribution in [0.5, 0.6) is 23.0 Å². The van der Waals surface area contributed by atoms with Gasteiger partial charge in [0.15, 0.2) is 14.3 Å². The maximum Gasteiger partial charge on any atom is 0.188 e. The van der Waals surface area contributed by atoms with Gasteiger partial charge in [0.25, 0.3) is 0 Å². The van der Waals surface area contributed by atoms with Crippen LogP contribution in [0.15, 0.2) is 109 Å². The molecule has 0 aliphatic carbocycles. The standard InChI is InChI=1S/C30H18FI2O2S/c31-19-1-13-26(14-2-19)36-29-15-11-24(34-22-7-3-20(32)4-8-22)17-27(29)28-18-25(12-16-30(28)36)35-23-9-5-21(33)6-10-23/h1-18H/q+1. The lowest BCUT2D eigenvalue weighted by molar-refractivity contribution is 0.482. The normalized spacial score (nSPS) is 11.2. The molecule has 0 saturated carbocycles. The monoisotopic (exact) mass is 715 g/mol. The van der Waals surface area contributed by atoms with Crippen LogP contribution < -0.4 is 9.47 Å². The first kappa shape index (κ1) is 23.7. The minimum absolute atomic E-state index is 0.232. The van der Waals surface area contributed by atoms with E-state index in [1.165, 1.54) is 21.5 Å². The zero-order chi connectivity index (χ0) is 24.6. The SMILES string of the molecule is Fc1ccc(-[s+]2c3ccc(Oc4ccc(I)cc4)cc3c3cc(Oc4ccc(I)cc4)ccc32)cc1. The van der Waals surface area contributed by atoms with Crippen LogP contribution in [0.3, 0.4) is 0 Å². The van der Waals surface area contributed by atoms with E-state index >= 15 is 0 Å². The number of hydrogen-bond donors (Lipinski definition) is 0. The average Bonchev–Trinajstić information content (AvgIpc) is 3.20. The minimum Gasteiger partial charge on any atom is -0.457 e. The van der Waals surface area contributed by atoms with E-state index in [1.807, 2.05) is 72.8 Å². The number of rotatable bonds is 5. The molecule has 0 bridgehead atoms. The Morgan fingerprint density at radius 2 is 0.917 bits per heavy atom. The van der Waals surface area contributed by atoms with Crippen molar-refractivity contribution in [1.29, 1.82) is 0 Å². The zero-order valence-corrected chi connectivity index (χ0v) is 23.9. The highest BCUT2D eigenvalue weighted by atomic mass is 127. The minimum atomic E-state index is -0.344. The van der Waals surface area contributed by atoms with Crippen molar-refractivity contribution < 1.29 is 13.9 Å². The third-order valence-corrected chi connectivity index (χ3v) is 9.55. The topological polar surface area (TPSA) is 18.5 Å². The molecule has 0 radical (unpaired) electrons. The largest absolute Gasteiger partial charge is 0.457 e. The third-order valence-electron chi connectivity index (χ3n) is 5.78. The van der Waals surface area contributed by atoms with E-state index in [9.17, 15) is 4.39 Å². The molecule has 176 valence electrons. The summed E-state index contributed by atoms with van der Waals surface area (Å²) < 4.78 is 30.8. The molecule has 0 saturated heterocycles. The van der Waals surface area contributed by atoms with Gasteiger partial charge in [0, 0.05) is 41.9 Å². The molecule has 1 aromatic heterocycles. The smallest absolute Gasteiger partial charge is 0.188 e. The van der Waals surface area contributed by atoms with Crippen LogP contribution in [-0.4, -0.2) is 0 Å². The summed E-state index contributed by atoms with van der Waals surface area (Å²) in [6, 6.07) is 35.3. The van der Waals surface area contributed by atoms with Crippen molar-refractivity contribution in [3.63, 3.8) is 0 Å². The Kier molecular flexibility index (Phi) is 6.57. The Hall–Kier alpha value is -2.69. The van der Waals surface area contributed by atoms with E-state index < -0.39 is 0 Å². The number of halogens is 3. The van der Waals surface area contributed by atoms with Gasteiger partial charge in [-0.05, 0) is 130 Å². The van der Waals surface area contributed by atoms with Crippen LogP contribution in [0.4, 0.5) is 4.39 Å². The molecular weight excluding hydrogens is 697 g/mol. The summed E-state index contributed by atoms with van der Waals surface area (Å²) in [5, 5.41) is 2.21. The molecule has 0 atom stereocenters. The maximum atomic E-state index is 13.7. The van der Waals surface area contributed by atoms with Crippen molar-refractivity contribution in [2.24, 2.45) is 0 Å². The lowest BCUT2D eigenvalue weighted by Gasteiger charge is -2.06. The summed E-state index contributed by atoms with van der Waals surface area (Å²) in [4.78, 5) is 1.08. The van der Waals surface area contributed by atoms with Crippen LogP contribution in [0.2, 0.25) is 0 Å². The Morgan fingerprint density at radius 1 is 0.500 bits per heavy atom. The number of fused-ring (bicyclic) bond motifs is 3. The highest BCUT2D eigenvalue weighted by Crippen LogP contribution is 2.50. The van der Waals surface area contributed by atoms with Crippen molar-refractivity contribution in [3.05, 3.63) is 122 Å². The Morgan fingerprint density at radius 3 is 1.36 bits per heavy atom. The van der Waals surface area contributed by atoms with Gasteiger partial charge >= 0.3 is 0 Å². The molecule has 0 fully saturated rings. The summed E-state index contributed by atoms with van der Waals surface area (Å²) in [7, 11) is -0.344. The van der Waals surface area contributed by atoms with Gasteiger partial charge in [0.2, 0.25) is 0 Å². The molecule has 6 rings (SSSR count). The van der Waals surface area contributed by atoms with Gasteiger partial charge in [-0.15, -0.1) is 0 Å². The first-order valence-corrected chi connectivity index (χ1v) is 14.6. The Labute approximate surface area is 237 Å². The molecule has 0 spiro atoms. The van der Waals surface area contributed by atoms with E-state index in [0.717, 1.165) is 45.8 Å². The quantitative estimate of drug-likeness (QED) is 0.131. The summed E-state index contributed by atoms with van der Waals surface area (Å²) >= 11 is 4.57. The molecule has 0 unspecified atom stereocenters. The molecule has 2 nitrogen and oxygen atoms in total. The predicted molar refractivity (Wildman–Crippen MR) is 164 cm³/mol. The lowest BCUT2D eigenvalue weighted by atomic mass is 10.1. The van der Waals surface area contributed by atoms with E-state index in [0.29, 0.717) is 0 Å². The van der Waals surface area contributed by atoms with Gasteiger partial charge < -0.3 is 9.47 Å². The molecule has 0 aliphatic rings. The van der Waals surface area contributed by atoms with Gasteiger partial charge in [0.05, 0.1) is 10.8 Å². The second-order valence-electron chi connectivity index (χ2n) is 8.19. The van der Waals surface area contributed by atoms with E-state index in [4.69, 9.17) is 9.47 Å². The summed E-state index contributed by atoms with van der Waals surface area (Å²) in [5.41, 5.74) is 0. The van der Waals surface area contributed by atoms with Gasteiger partial charge in [-0.2, -0.15) is 0 Å². The van der Waals surface area contributed by atoms with Crippen molar-refractivity contribution in [1.82, 2.24) is 0 Å². The summed E-state index contributed by atoms with van der Waals surface area (Å²) in [5.74, 6) is 2.90. The van der Waals surface area contributed by atoms with Gasteiger partial charge in [-0.25, -0.2) is 4.39 Å². The molecular formula is C30H18FI2O2S+. The lowest BCUT2D eigenvalue weighted by Crippen LogP contribution is -1.84. The molecule has 6 aromatic rings. The van der Waals surface area contributed by atoms with Gasteiger partial charge in [0.1, 0.15) is 28.8 Å². The first-order chi connectivity index (χ1) is 17.5. The molecule has 0 aliphatic heterocycles. The molecule has 0 N–H and O–H groups in total. The predicted octanol–water partition coefficient (Wildman–Crippen LogP) is 10.7. The van der Waals surface area contributed by atoms with Crippen LogP contribution in [0.1, 0.15) is 0 Å². The van der Waals surface area contributed by atoms with Gasteiger partial charge in [-0.3, -0.25) is 0 Å². The van der Waals surface area contributed by atoms with E-state index in [1.54, 1.807) is 0 Å². The molecule has 0 amide bonds. The average molecular weight is 715 g/mol. The zero-order valence-electron chi connectivity index (χ0n) is 18.8. The fourth-order valence-corrected chi connectivity index (χ4v) is 7.20. The number of thiophene rings is 1. The van der Waals surface area contributed by atoms with Crippen LogP contribution in [-0.2, 0) is 0 Å². The molecule has 6 heteroatoms. The van der Waals surface area contributed by atoms with Crippen molar-refractivity contribution >= 4 is 75.8 Å². The van der Waals surface area contributed by atoms with Crippen molar-refractivity contribution in [2.75, 3.05) is 0 Å². The van der Waals surface area contributed by atoms with Crippen LogP contribution in [0, 0.1) is 13.0 Å². The maximum absolute atomic E-state index is 13.7. The van der Waals surface area contributed by atoms with Crippen molar-refractivity contribution in [2.45, 2.75) is 0 Å². The third kappa shape index (κ3) is 4.81. The van der Waals surface area contributed by atoms with Crippen LogP contribution >= 0.6 is 55.7 Å². The van der Waals surface area contributed by atoms with E-state index in [2.05, 4.69) is 69.4 Å². The summed E-state index contributed by atoms with van der Waals surface area (Å²) in [6.45, 7) is 0. The highest BCUT2D eigenvalue weighted by Gasteiger charge is 2.25. The van der Waals surface area contributed by atoms with E-state index in [-0.39, 0.29) is 16.3 Å². The van der Waals surface area contributed by atoms with Crippen LogP contribution in [0.25, 0.3) is 25.1 Å². The Bertz CT molecular complexity index is 1590. The Balaban J connectivity index is 1.50. The number of ether oxygens (including phenoxy) is 2. The first-order valence-electron chi connectivity index (χ1n) is 11.2. The summed E-state index contributed by atoms with van der Waals surface area (Å²) in [6.07, 6.45) is 0. The molecule has 36 heavy (non-hydrogen) atoms. The van der Waals surface area contributed by atoms with Crippen molar-refractivity contribution in [3.8, 4) is 27.9 Å². The number of benzene rings is 5. The molecule has 1 heterocycles. The second-order valence-corrected chi connectivity index (χ2v) is 12.6. The number of hydrogen-bond acceptors (Lipinski definition) is 2. The highest BCUT2D eigenvalue weighted by molar-refractivity contribution is 14.1. The van der Waals surface area contributed by atoms with Gasteiger partial charge in [-0.1, -0.05) is 0 Å². The second kappa shape index (κ2) is 9.99.